The molecule has 92 valence electrons. The lowest BCUT2D eigenvalue weighted by molar-refractivity contribution is -0.634. The van der Waals surface area contributed by atoms with Crippen LogP contribution in [0.2, 0.25) is 0 Å². The van der Waals surface area contributed by atoms with Crippen LogP contribution in [0, 0.1) is 0 Å². The van der Waals surface area contributed by atoms with E-state index in [-0.39, 0.29) is 12.4 Å². The SMILES string of the molecule is Cn1c(-c2cccnc2)[n+](C)c2ccccc21.[Cl-]. The van der Waals surface area contributed by atoms with Gasteiger partial charge in [0.25, 0.3) is 5.82 Å². The summed E-state index contributed by atoms with van der Waals surface area (Å²) < 4.78 is 4.40. The van der Waals surface area contributed by atoms with E-state index in [1.807, 2.05) is 12.3 Å². The molecule has 0 aliphatic rings. The summed E-state index contributed by atoms with van der Waals surface area (Å²) in [6.45, 7) is 0. The Balaban J connectivity index is 0.00000120. The van der Waals surface area contributed by atoms with Gasteiger partial charge in [0.2, 0.25) is 0 Å². The number of benzene rings is 1. The Morgan fingerprint density at radius 2 is 1.89 bits per heavy atom. The van der Waals surface area contributed by atoms with Gasteiger partial charge in [-0.05, 0) is 24.3 Å². The van der Waals surface area contributed by atoms with E-state index in [9.17, 15) is 0 Å². The lowest BCUT2D eigenvalue weighted by Crippen LogP contribution is -3.00. The highest BCUT2D eigenvalue weighted by molar-refractivity contribution is 5.75. The first kappa shape index (κ1) is 12.6. The number of pyridine rings is 1. The molecule has 0 N–H and O–H groups in total. The number of rotatable bonds is 1. The maximum absolute atomic E-state index is 4.19. The van der Waals surface area contributed by atoms with E-state index >= 15 is 0 Å². The second kappa shape index (κ2) is 4.78. The lowest BCUT2D eigenvalue weighted by atomic mass is 10.2. The molecular formula is C14H14ClN3. The summed E-state index contributed by atoms with van der Waals surface area (Å²) in [7, 11) is 4.18. The van der Waals surface area contributed by atoms with Crippen LogP contribution >= 0.6 is 0 Å². The van der Waals surface area contributed by atoms with E-state index in [0.29, 0.717) is 0 Å². The average Bonchev–Trinajstić information content (AvgIpc) is 2.64. The molecule has 3 rings (SSSR count). The van der Waals surface area contributed by atoms with Crippen molar-refractivity contribution in [1.29, 1.82) is 0 Å². The number of nitrogens with zero attached hydrogens (tertiary/aromatic N) is 3. The molecule has 18 heavy (non-hydrogen) atoms. The number of aryl methyl sites for hydroxylation is 2. The molecule has 0 fully saturated rings. The van der Waals surface area contributed by atoms with Gasteiger partial charge in [-0.3, -0.25) is 4.98 Å². The summed E-state index contributed by atoms with van der Waals surface area (Å²) in [5, 5.41) is 0. The van der Waals surface area contributed by atoms with E-state index in [4.69, 9.17) is 0 Å². The largest absolute Gasteiger partial charge is 1.00 e. The van der Waals surface area contributed by atoms with Gasteiger partial charge in [0.15, 0.2) is 11.0 Å². The number of para-hydroxylation sites is 2. The molecule has 0 radical (unpaired) electrons. The molecular weight excluding hydrogens is 246 g/mol. The van der Waals surface area contributed by atoms with Gasteiger partial charge in [-0.15, -0.1) is 0 Å². The molecule has 0 saturated carbocycles. The van der Waals surface area contributed by atoms with Gasteiger partial charge in [-0.1, -0.05) is 12.1 Å². The summed E-state index contributed by atoms with van der Waals surface area (Å²) >= 11 is 0. The Bertz CT molecular complexity index is 635. The van der Waals surface area contributed by atoms with E-state index in [2.05, 4.69) is 58.5 Å². The number of imidazole rings is 1. The Morgan fingerprint density at radius 3 is 2.56 bits per heavy atom. The molecule has 0 saturated heterocycles. The first-order chi connectivity index (χ1) is 8.29. The highest BCUT2D eigenvalue weighted by atomic mass is 35.5. The van der Waals surface area contributed by atoms with Gasteiger partial charge in [0.1, 0.15) is 0 Å². The third kappa shape index (κ3) is 1.77. The van der Waals surface area contributed by atoms with Crippen molar-refractivity contribution in [1.82, 2.24) is 9.55 Å². The molecule has 0 aliphatic carbocycles. The molecule has 3 aromatic rings. The number of halogens is 1. The zero-order chi connectivity index (χ0) is 11.8. The summed E-state index contributed by atoms with van der Waals surface area (Å²) in [4.78, 5) is 4.19. The highest BCUT2D eigenvalue weighted by Crippen LogP contribution is 2.20. The fraction of sp³-hybridized carbons (Fsp3) is 0.143. The fourth-order valence-corrected chi connectivity index (χ4v) is 2.37. The van der Waals surface area contributed by atoms with Crippen LogP contribution in [0.5, 0.6) is 0 Å². The van der Waals surface area contributed by atoms with E-state index in [1.165, 1.54) is 16.9 Å². The second-order valence-electron chi connectivity index (χ2n) is 4.17. The Kier molecular flexibility index (Phi) is 3.34. The Morgan fingerprint density at radius 1 is 1.11 bits per heavy atom. The van der Waals surface area contributed by atoms with Crippen molar-refractivity contribution in [3.63, 3.8) is 0 Å². The fourth-order valence-electron chi connectivity index (χ4n) is 2.37. The summed E-state index contributed by atoms with van der Waals surface area (Å²) in [5.41, 5.74) is 3.59. The summed E-state index contributed by atoms with van der Waals surface area (Å²) in [6.07, 6.45) is 3.69. The first-order valence-corrected chi connectivity index (χ1v) is 5.63. The molecule has 1 aromatic carbocycles. The molecule has 4 heteroatoms. The zero-order valence-corrected chi connectivity index (χ0v) is 11.1. The number of fused-ring (bicyclic) bond motifs is 1. The zero-order valence-electron chi connectivity index (χ0n) is 10.3. The van der Waals surface area contributed by atoms with Crippen LogP contribution < -0.4 is 17.0 Å². The normalized spacial score (nSPS) is 10.3. The van der Waals surface area contributed by atoms with Gasteiger partial charge in [0.05, 0.1) is 19.7 Å². The van der Waals surface area contributed by atoms with Gasteiger partial charge >= 0.3 is 0 Å². The molecule has 0 atom stereocenters. The number of aromatic nitrogens is 3. The third-order valence-electron chi connectivity index (χ3n) is 3.16. The van der Waals surface area contributed by atoms with Crippen LogP contribution in [0.3, 0.4) is 0 Å². The predicted octanol–water partition coefficient (Wildman–Crippen LogP) is -0.931. The van der Waals surface area contributed by atoms with Crippen LogP contribution in [-0.2, 0) is 14.1 Å². The molecule has 2 aromatic heterocycles. The van der Waals surface area contributed by atoms with Gasteiger partial charge < -0.3 is 12.4 Å². The van der Waals surface area contributed by atoms with Crippen molar-refractivity contribution in [3.8, 4) is 11.4 Å². The van der Waals surface area contributed by atoms with Crippen molar-refractivity contribution in [2.45, 2.75) is 0 Å². The van der Waals surface area contributed by atoms with Crippen molar-refractivity contribution in [2.75, 3.05) is 0 Å². The molecule has 0 aliphatic heterocycles. The van der Waals surface area contributed by atoms with E-state index in [1.54, 1.807) is 6.20 Å². The van der Waals surface area contributed by atoms with Crippen LogP contribution in [0.4, 0.5) is 0 Å². The number of hydrogen-bond acceptors (Lipinski definition) is 1. The molecule has 0 bridgehead atoms. The van der Waals surface area contributed by atoms with Gasteiger partial charge in [0, 0.05) is 12.4 Å². The molecule has 3 nitrogen and oxygen atoms in total. The third-order valence-corrected chi connectivity index (χ3v) is 3.16. The quantitative estimate of drug-likeness (QED) is 0.518. The van der Waals surface area contributed by atoms with Crippen LogP contribution in [0.15, 0.2) is 48.8 Å². The highest BCUT2D eigenvalue weighted by Gasteiger charge is 2.20. The predicted molar refractivity (Wildman–Crippen MR) is 67.3 cm³/mol. The number of hydrogen-bond donors (Lipinski definition) is 0. The summed E-state index contributed by atoms with van der Waals surface area (Å²) in [6, 6.07) is 12.4. The topological polar surface area (TPSA) is 21.7 Å². The minimum Gasteiger partial charge on any atom is -1.00 e. The minimum absolute atomic E-state index is 0. The van der Waals surface area contributed by atoms with Crippen LogP contribution in [-0.4, -0.2) is 9.55 Å². The Labute approximate surface area is 112 Å². The van der Waals surface area contributed by atoms with Crippen molar-refractivity contribution in [2.24, 2.45) is 14.1 Å². The smallest absolute Gasteiger partial charge is 0.290 e. The van der Waals surface area contributed by atoms with Crippen molar-refractivity contribution < 1.29 is 17.0 Å². The first-order valence-electron chi connectivity index (χ1n) is 5.63. The summed E-state index contributed by atoms with van der Waals surface area (Å²) in [5.74, 6) is 1.17. The van der Waals surface area contributed by atoms with E-state index in [0.717, 1.165) is 5.56 Å². The standard InChI is InChI=1S/C14H14N3.ClH/c1-16-12-7-3-4-8-13(12)17(2)14(16)11-6-5-9-15-10-11;/h3-10H,1-2H3;1H/q+1;/p-1. The molecule has 0 spiro atoms. The molecule has 2 heterocycles. The monoisotopic (exact) mass is 259 g/mol. The maximum atomic E-state index is 4.19. The van der Waals surface area contributed by atoms with Crippen molar-refractivity contribution in [3.05, 3.63) is 48.8 Å². The average molecular weight is 260 g/mol. The van der Waals surface area contributed by atoms with Gasteiger partial charge in [-0.2, -0.15) is 0 Å². The second-order valence-corrected chi connectivity index (χ2v) is 4.17. The van der Waals surface area contributed by atoms with Crippen LogP contribution in [0.1, 0.15) is 0 Å². The lowest BCUT2D eigenvalue weighted by Gasteiger charge is -1.97. The van der Waals surface area contributed by atoms with Crippen molar-refractivity contribution >= 4 is 11.0 Å². The maximum Gasteiger partial charge on any atom is 0.290 e. The van der Waals surface area contributed by atoms with Crippen LogP contribution in [0.25, 0.3) is 22.4 Å². The minimum atomic E-state index is 0. The van der Waals surface area contributed by atoms with Gasteiger partial charge in [-0.25, -0.2) is 9.13 Å². The molecule has 0 unspecified atom stereocenters. The Hall–Kier alpha value is -1.87. The molecule has 0 amide bonds. The van der Waals surface area contributed by atoms with E-state index < -0.39 is 0 Å².